The molecule has 4 nitrogen and oxygen atoms in total. The van der Waals surface area contributed by atoms with Gasteiger partial charge in [0.05, 0.1) is 17.8 Å². The van der Waals surface area contributed by atoms with E-state index in [-0.39, 0.29) is 46.8 Å². The van der Waals surface area contributed by atoms with E-state index in [1.54, 1.807) is 19.4 Å². The van der Waals surface area contributed by atoms with Crippen LogP contribution in [0.4, 0.5) is 4.39 Å². The molecule has 124 valence electrons. The molecule has 1 aliphatic rings. The maximum Gasteiger partial charge on any atom is 0.191 e. The van der Waals surface area contributed by atoms with Crippen LogP contribution in [0.25, 0.3) is 0 Å². The first kappa shape index (κ1) is 18.1. The van der Waals surface area contributed by atoms with Gasteiger partial charge in [-0.2, -0.15) is 0 Å². The van der Waals surface area contributed by atoms with E-state index < -0.39 is 0 Å². The standard InChI is InChI=1S/C16H17ClFN3O.HI/c1-19-16(20-9-11-3-2-6-22-11)21-15-8-12(15)10-4-5-13(17)14(18)7-10;/h2-7,12,15H,8-9H2,1H3,(H2,19,20,21);1H/t12-,15+;/m0./s1. The highest BCUT2D eigenvalue weighted by atomic mass is 127. The number of guanidine groups is 1. The SMILES string of the molecule is CN=C(NCc1ccco1)N[C@@H]1C[C@H]1c1ccc(Cl)c(F)c1.I. The third kappa shape index (κ3) is 4.60. The van der Waals surface area contributed by atoms with Crippen LogP contribution in [-0.4, -0.2) is 19.0 Å². The summed E-state index contributed by atoms with van der Waals surface area (Å²) in [5, 5.41) is 6.67. The number of hydrogen-bond acceptors (Lipinski definition) is 2. The smallest absolute Gasteiger partial charge is 0.191 e. The Morgan fingerprint density at radius 2 is 2.26 bits per heavy atom. The van der Waals surface area contributed by atoms with Gasteiger partial charge in [-0.05, 0) is 36.2 Å². The van der Waals surface area contributed by atoms with E-state index in [1.807, 2.05) is 18.2 Å². The fourth-order valence-electron chi connectivity index (χ4n) is 2.42. The van der Waals surface area contributed by atoms with Gasteiger partial charge >= 0.3 is 0 Å². The highest BCUT2D eigenvalue weighted by molar-refractivity contribution is 14.0. The number of rotatable bonds is 4. The molecule has 0 spiro atoms. The van der Waals surface area contributed by atoms with Gasteiger partial charge in [-0.25, -0.2) is 4.39 Å². The largest absolute Gasteiger partial charge is 0.467 e. The molecular weight excluding hydrogens is 432 g/mol. The second-order valence-corrected chi connectivity index (χ2v) is 5.68. The summed E-state index contributed by atoms with van der Waals surface area (Å²) in [6, 6.07) is 8.98. The average molecular weight is 450 g/mol. The van der Waals surface area contributed by atoms with E-state index in [1.165, 1.54) is 6.07 Å². The highest BCUT2D eigenvalue weighted by Gasteiger charge is 2.39. The van der Waals surface area contributed by atoms with Crippen LogP contribution < -0.4 is 10.6 Å². The van der Waals surface area contributed by atoms with Gasteiger partial charge < -0.3 is 15.1 Å². The van der Waals surface area contributed by atoms with Crippen molar-refractivity contribution in [1.82, 2.24) is 10.6 Å². The predicted octanol–water partition coefficient (Wildman–Crippen LogP) is 3.91. The first-order chi connectivity index (χ1) is 10.7. The van der Waals surface area contributed by atoms with Crippen molar-refractivity contribution < 1.29 is 8.81 Å². The summed E-state index contributed by atoms with van der Waals surface area (Å²) < 4.78 is 18.8. The minimum atomic E-state index is -0.370. The number of nitrogens with zero attached hydrogens (tertiary/aromatic N) is 1. The molecule has 0 radical (unpaired) electrons. The van der Waals surface area contributed by atoms with E-state index in [2.05, 4.69) is 15.6 Å². The normalized spacial score (nSPS) is 19.9. The Hall–Kier alpha value is -1.28. The Morgan fingerprint density at radius 1 is 1.43 bits per heavy atom. The minimum Gasteiger partial charge on any atom is -0.467 e. The first-order valence-electron chi connectivity index (χ1n) is 7.12. The van der Waals surface area contributed by atoms with Crippen molar-refractivity contribution in [3.8, 4) is 0 Å². The fourth-order valence-corrected chi connectivity index (χ4v) is 2.54. The van der Waals surface area contributed by atoms with Gasteiger partial charge in [-0.15, -0.1) is 24.0 Å². The molecule has 1 saturated carbocycles. The topological polar surface area (TPSA) is 49.6 Å². The molecule has 7 heteroatoms. The summed E-state index contributed by atoms with van der Waals surface area (Å²) in [6.07, 6.45) is 2.59. The number of halogens is 3. The van der Waals surface area contributed by atoms with Crippen molar-refractivity contribution in [3.63, 3.8) is 0 Å². The molecule has 1 aromatic heterocycles. The average Bonchev–Trinajstić information content (AvgIpc) is 3.08. The Kier molecular flexibility index (Phi) is 6.29. The number of furan rings is 1. The van der Waals surface area contributed by atoms with Gasteiger partial charge in [0.25, 0.3) is 0 Å². The van der Waals surface area contributed by atoms with Crippen molar-refractivity contribution in [2.75, 3.05) is 7.05 Å². The lowest BCUT2D eigenvalue weighted by Gasteiger charge is -2.11. The lowest BCUT2D eigenvalue weighted by Crippen LogP contribution is -2.38. The van der Waals surface area contributed by atoms with E-state index >= 15 is 0 Å². The molecule has 0 saturated heterocycles. The minimum absolute atomic E-state index is 0. The number of hydrogen-bond donors (Lipinski definition) is 2. The summed E-state index contributed by atoms with van der Waals surface area (Å²) in [6.45, 7) is 0.569. The molecule has 0 bridgehead atoms. The fraction of sp³-hybridized carbons (Fsp3) is 0.312. The van der Waals surface area contributed by atoms with Crippen LogP contribution in [0, 0.1) is 5.82 Å². The maximum absolute atomic E-state index is 13.5. The zero-order chi connectivity index (χ0) is 15.5. The lowest BCUT2D eigenvalue weighted by atomic mass is 10.1. The van der Waals surface area contributed by atoms with Gasteiger partial charge in [0, 0.05) is 19.0 Å². The highest BCUT2D eigenvalue weighted by Crippen LogP contribution is 2.41. The maximum atomic E-state index is 13.5. The van der Waals surface area contributed by atoms with Crippen molar-refractivity contribution >= 4 is 41.5 Å². The van der Waals surface area contributed by atoms with Crippen LogP contribution in [0.2, 0.25) is 5.02 Å². The van der Waals surface area contributed by atoms with Gasteiger partial charge in [-0.3, -0.25) is 4.99 Å². The molecule has 0 amide bonds. The monoisotopic (exact) mass is 449 g/mol. The van der Waals surface area contributed by atoms with Crippen LogP contribution in [-0.2, 0) is 6.54 Å². The van der Waals surface area contributed by atoms with Crippen LogP contribution in [0.5, 0.6) is 0 Å². The van der Waals surface area contributed by atoms with E-state index in [9.17, 15) is 4.39 Å². The molecule has 1 aromatic carbocycles. The molecule has 0 unspecified atom stereocenters. The number of benzene rings is 1. The van der Waals surface area contributed by atoms with E-state index in [0.717, 1.165) is 17.7 Å². The quantitative estimate of drug-likeness (QED) is 0.423. The summed E-state index contributed by atoms with van der Waals surface area (Å²) in [4.78, 5) is 4.18. The third-order valence-corrected chi connectivity index (χ3v) is 4.02. The van der Waals surface area contributed by atoms with Crippen LogP contribution in [0.3, 0.4) is 0 Å². The van der Waals surface area contributed by atoms with Gasteiger partial charge in [0.1, 0.15) is 11.6 Å². The van der Waals surface area contributed by atoms with Crippen LogP contribution in [0.1, 0.15) is 23.7 Å². The van der Waals surface area contributed by atoms with Crippen LogP contribution >= 0.6 is 35.6 Å². The molecule has 1 aliphatic carbocycles. The second-order valence-electron chi connectivity index (χ2n) is 5.27. The molecule has 3 rings (SSSR count). The lowest BCUT2D eigenvalue weighted by molar-refractivity contribution is 0.501. The van der Waals surface area contributed by atoms with E-state index in [4.69, 9.17) is 16.0 Å². The zero-order valence-electron chi connectivity index (χ0n) is 12.6. The first-order valence-corrected chi connectivity index (χ1v) is 7.49. The predicted molar refractivity (Wildman–Crippen MR) is 100 cm³/mol. The van der Waals surface area contributed by atoms with Gasteiger partial charge in [0.15, 0.2) is 5.96 Å². The van der Waals surface area contributed by atoms with Crippen molar-refractivity contribution in [3.05, 3.63) is 58.8 Å². The summed E-state index contributed by atoms with van der Waals surface area (Å²) >= 11 is 5.71. The Morgan fingerprint density at radius 3 is 2.91 bits per heavy atom. The molecule has 2 atom stereocenters. The summed E-state index contributed by atoms with van der Waals surface area (Å²) in [7, 11) is 1.72. The molecule has 2 N–H and O–H groups in total. The molecule has 1 heterocycles. The Bertz CT molecular complexity index is 678. The molecule has 1 fully saturated rings. The van der Waals surface area contributed by atoms with E-state index in [0.29, 0.717) is 12.5 Å². The summed E-state index contributed by atoms with van der Waals surface area (Å²) in [5.41, 5.74) is 0.959. The van der Waals surface area contributed by atoms with Crippen LogP contribution in [0.15, 0.2) is 46.0 Å². The van der Waals surface area contributed by atoms with Crippen molar-refractivity contribution in [2.24, 2.45) is 4.99 Å². The van der Waals surface area contributed by atoms with Crippen molar-refractivity contribution in [2.45, 2.75) is 24.9 Å². The van der Waals surface area contributed by atoms with Gasteiger partial charge in [-0.1, -0.05) is 17.7 Å². The zero-order valence-corrected chi connectivity index (χ0v) is 15.6. The molecular formula is C16H18ClFIN3O. The second kappa shape index (κ2) is 8.01. The third-order valence-electron chi connectivity index (χ3n) is 3.72. The molecule has 23 heavy (non-hydrogen) atoms. The Balaban J connectivity index is 0.00000192. The summed E-state index contributed by atoms with van der Waals surface area (Å²) in [5.74, 6) is 1.47. The Labute approximate surface area is 156 Å². The molecule has 0 aliphatic heterocycles. The number of aliphatic imine (C=N–C) groups is 1. The number of nitrogens with one attached hydrogen (secondary N) is 2. The van der Waals surface area contributed by atoms with Crippen molar-refractivity contribution in [1.29, 1.82) is 0 Å². The molecule has 2 aromatic rings. The van der Waals surface area contributed by atoms with Gasteiger partial charge in [0.2, 0.25) is 0 Å².